The van der Waals surface area contributed by atoms with Crippen LogP contribution in [0.4, 0.5) is 0 Å². The van der Waals surface area contributed by atoms with Crippen LogP contribution in [-0.4, -0.2) is 48.7 Å². The van der Waals surface area contributed by atoms with E-state index in [1.165, 1.54) is 0 Å². The van der Waals surface area contributed by atoms with Crippen molar-refractivity contribution >= 4 is 37.7 Å². The molecule has 30 valence electrons. The largest absolute Gasteiger partial charge is 2.00 e. The first kappa shape index (κ1) is 36.0. The van der Waals surface area contributed by atoms with Gasteiger partial charge in [-0.05, 0) is 0 Å². The van der Waals surface area contributed by atoms with E-state index < -0.39 is 0 Å². The van der Waals surface area contributed by atoms with Crippen LogP contribution < -0.4 is 10.5 Å². The van der Waals surface area contributed by atoms with E-state index in [1.54, 1.807) is 0 Å². The molecule has 0 radical (unpaired) electrons. The Labute approximate surface area is 59.0 Å². The second-order valence-corrected chi connectivity index (χ2v) is 0. The summed E-state index contributed by atoms with van der Waals surface area (Å²) in [5.74, 6) is 0. The van der Waals surface area contributed by atoms with Crippen LogP contribution in [0.3, 0.4) is 0 Å². The summed E-state index contributed by atoms with van der Waals surface area (Å²) in [6.07, 6.45) is 0. The molecule has 0 atom stereocenters. The van der Waals surface area contributed by atoms with Gasteiger partial charge in [0.25, 0.3) is 0 Å². The standard InChI is InChI=1S/Ca.O2.2H2O/c;1-2;;/h;;2*1H2/q+2;-2;;. The molecule has 0 fully saturated rings. The van der Waals surface area contributed by atoms with E-state index in [2.05, 4.69) is 0 Å². The van der Waals surface area contributed by atoms with Crippen molar-refractivity contribution in [1.82, 2.24) is 0 Å². The molecule has 0 aliphatic heterocycles. The molecule has 5 heteroatoms. The van der Waals surface area contributed by atoms with Gasteiger partial charge in [0.2, 0.25) is 0 Å². The topological polar surface area (TPSA) is 109 Å². The fraction of sp³-hybridized carbons (Fsp3) is 0. The van der Waals surface area contributed by atoms with Gasteiger partial charge in [0.05, 0.1) is 0 Å². The summed E-state index contributed by atoms with van der Waals surface area (Å²) in [5, 5.41) is 14.0. The zero-order valence-corrected chi connectivity index (χ0v) is 4.73. The first-order valence-corrected chi connectivity index (χ1v) is 0.167. The Morgan fingerprint density at radius 2 is 0.800 bits per heavy atom. The van der Waals surface area contributed by atoms with E-state index in [0.29, 0.717) is 0 Å². The van der Waals surface area contributed by atoms with Gasteiger partial charge in [-0.15, -0.1) is 0 Å². The van der Waals surface area contributed by atoms with Gasteiger partial charge in [0.15, 0.2) is 0 Å². The minimum Gasteiger partial charge on any atom is -1.00 e. The minimum atomic E-state index is 0. The molecule has 0 heterocycles. The molecular weight excluding hydrogens is 104 g/mol. The van der Waals surface area contributed by atoms with Crippen molar-refractivity contribution in [2.24, 2.45) is 0 Å². The van der Waals surface area contributed by atoms with E-state index in [4.69, 9.17) is 10.5 Å². The van der Waals surface area contributed by atoms with Crippen molar-refractivity contribution in [1.29, 1.82) is 0 Å². The average molecular weight is 108 g/mol. The van der Waals surface area contributed by atoms with Gasteiger partial charge in [-0.1, -0.05) is 0 Å². The predicted molar refractivity (Wildman–Crippen MR) is 13.0 cm³/mol. The Balaban J connectivity index is -0.00000000167. The van der Waals surface area contributed by atoms with Crippen LogP contribution in [0, 0.1) is 0 Å². The summed E-state index contributed by atoms with van der Waals surface area (Å²) in [5.41, 5.74) is 0. The van der Waals surface area contributed by atoms with Crippen LogP contribution in [-0.2, 0) is 0 Å². The van der Waals surface area contributed by atoms with Crippen LogP contribution in [0.1, 0.15) is 0 Å². The molecule has 4 N–H and O–H groups in total. The van der Waals surface area contributed by atoms with Gasteiger partial charge in [-0.3, -0.25) is 0 Å². The molecule has 0 aliphatic carbocycles. The van der Waals surface area contributed by atoms with Crippen LogP contribution in [0.15, 0.2) is 0 Å². The van der Waals surface area contributed by atoms with Crippen molar-refractivity contribution < 1.29 is 21.5 Å². The SMILES string of the molecule is O.O.[Ca+2].[O-][O-]. The molecule has 0 aliphatic rings. The third-order valence-electron chi connectivity index (χ3n) is 0. The van der Waals surface area contributed by atoms with Crippen molar-refractivity contribution in [2.45, 2.75) is 0 Å². The molecule has 0 amide bonds. The van der Waals surface area contributed by atoms with Crippen molar-refractivity contribution in [3.63, 3.8) is 0 Å². The van der Waals surface area contributed by atoms with Crippen molar-refractivity contribution in [2.75, 3.05) is 0 Å². The fourth-order valence-electron chi connectivity index (χ4n) is 0. The zero-order valence-electron chi connectivity index (χ0n) is 2.52. The number of hydrogen-bond donors (Lipinski definition) is 0. The maximum Gasteiger partial charge on any atom is 2.00 e. The first-order chi connectivity index (χ1) is 1.00. The molecule has 0 bridgehead atoms. The third-order valence-corrected chi connectivity index (χ3v) is 0. The van der Waals surface area contributed by atoms with E-state index in [-0.39, 0.29) is 48.7 Å². The quantitative estimate of drug-likeness (QED) is 0.177. The average Bonchev–Trinajstić information content (AvgIpc) is 1.00. The molecule has 0 spiro atoms. The Hall–Kier alpha value is 1.10. The first-order valence-electron chi connectivity index (χ1n) is 0.167. The van der Waals surface area contributed by atoms with Crippen molar-refractivity contribution in [3.8, 4) is 0 Å². The van der Waals surface area contributed by atoms with Crippen LogP contribution in [0.25, 0.3) is 0 Å². The number of rotatable bonds is 0. The molecule has 0 saturated heterocycles. The van der Waals surface area contributed by atoms with Gasteiger partial charge in [-0.2, -0.15) is 0 Å². The molecule has 5 heavy (non-hydrogen) atoms. The minimum absolute atomic E-state index is 0. The molecule has 0 unspecified atom stereocenters. The van der Waals surface area contributed by atoms with Crippen LogP contribution >= 0.6 is 0 Å². The summed E-state index contributed by atoms with van der Waals surface area (Å²) < 4.78 is 0. The molecule has 0 saturated carbocycles. The molecular formula is H4CaO4. The summed E-state index contributed by atoms with van der Waals surface area (Å²) in [7, 11) is 0. The second kappa shape index (κ2) is 70.9. The van der Waals surface area contributed by atoms with Crippen molar-refractivity contribution in [3.05, 3.63) is 0 Å². The van der Waals surface area contributed by atoms with Crippen LogP contribution in [0.5, 0.6) is 0 Å². The zero-order chi connectivity index (χ0) is 2.00. The van der Waals surface area contributed by atoms with Gasteiger partial charge in [-0.25, -0.2) is 0 Å². The monoisotopic (exact) mass is 108 g/mol. The summed E-state index contributed by atoms with van der Waals surface area (Å²) in [6, 6.07) is 0. The number of hydrogen-bond acceptors (Lipinski definition) is 2. The Bertz CT molecular complexity index is 3.61. The predicted octanol–water partition coefficient (Wildman–Crippen LogP) is -4.41. The maximum absolute atomic E-state index is 7.00. The van der Waals surface area contributed by atoms with E-state index >= 15 is 0 Å². The summed E-state index contributed by atoms with van der Waals surface area (Å²) >= 11 is 0. The Morgan fingerprint density at radius 3 is 0.800 bits per heavy atom. The van der Waals surface area contributed by atoms with Gasteiger partial charge >= 0.3 is 37.7 Å². The van der Waals surface area contributed by atoms with E-state index in [1.807, 2.05) is 0 Å². The van der Waals surface area contributed by atoms with Gasteiger partial charge < -0.3 is 21.5 Å². The molecule has 0 aromatic rings. The molecule has 0 aromatic heterocycles. The summed E-state index contributed by atoms with van der Waals surface area (Å²) in [6.45, 7) is 0. The van der Waals surface area contributed by atoms with Gasteiger partial charge in [0, 0.05) is 0 Å². The molecule has 0 aromatic carbocycles. The molecule has 0 rings (SSSR count). The second-order valence-electron chi connectivity index (χ2n) is 0. The normalized spacial score (nSPS) is 1.20. The van der Waals surface area contributed by atoms with E-state index in [9.17, 15) is 0 Å². The Kier molecular flexibility index (Phi) is 510. The third kappa shape index (κ3) is 40.5. The summed E-state index contributed by atoms with van der Waals surface area (Å²) in [4.78, 5) is 0. The maximum atomic E-state index is 7.00. The Morgan fingerprint density at radius 1 is 0.800 bits per heavy atom. The fourth-order valence-corrected chi connectivity index (χ4v) is 0. The van der Waals surface area contributed by atoms with Crippen LogP contribution in [0.2, 0.25) is 0 Å². The smallest absolute Gasteiger partial charge is 1.00 e. The molecule has 4 nitrogen and oxygen atoms in total. The van der Waals surface area contributed by atoms with Gasteiger partial charge in [0.1, 0.15) is 0 Å². The van der Waals surface area contributed by atoms with E-state index in [0.717, 1.165) is 0 Å².